The number of nitrogen functional groups attached to an aromatic ring is 1. The van der Waals surface area contributed by atoms with E-state index in [1.807, 2.05) is 13.0 Å². The Morgan fingerprint density at radius 1 is 1.75 bits per heavy atom. The zero-order valence-electron chi connectivity index (χ0n) is 6.89. The van der Waals surface area contributed by atoms with Crippen LogP contribution < -0.4 is 11.1 Å². The zero-order valence-corrected chi connectivity index (χ0v) is 6.89. The monoisotopic (exact) mass is 165 g/mol. The zero-order chi connectivity index (χ0) is 8.97. The van der Waals surface area contributed by atoms with Crippen LogP contribution in [0.3, 0.4) is 0 Å². The Bertz CT molecular complexity index is 295. The molecule has 5 nitrogen and oxygen atoms in total. The quantitative estimate of drug-likeness (QED) is 0.614. The van der Waals surface area contributed by atoms with Crippen molar-refractivity contribution in [1.82, 2.24) is 10.2 Å². The standard InChI is InChI=1S/C7H11N5/c1-2-3-10-7-5(4-8)6(9)11-12-7/h2-3H2,1H3,(H4,9,10,11,12). The number of nitriles is 1. The van der Waals surface area contributed by atoms with Crippen LogP contribution in [0.25, 0.3) is 0 Å². The van der Waals surface area contributed by atoms with Gasteiger partial charge >= 0.3 is 0 Å². The maximum atomic E-state index is 8.66. The van der Waals surface area contributed by atoms with Crippen molar-refractivity contribution in [3.05, 3.63) is 5.56 Å². The normalized spacial score (nSPS) is 9.33. The highest BCUT2D eigenvalue weighted by Crippen LogP contribution is 2.16. The average Bonchev–Trinajstić information content (AvgIpc) is 2.43. The summed E-state index contributed by atoms with van der Waals surface area (Å²) >= 11 is 0. The Labute approximate surface area is 70.6 Å². The molecule has 0 aliphatic carbocycles. The molecule has 0 radical (unpaired) electrons. The molecule has 1 rings (SSSR count). The molecule has 4 N–H and O–H groups in total. The third-order valence-electron chi connectivity index (χ3n) is 1.45. The van der Waals surface area contributed by atoms with Gasteiger partial charge in [0.2, 0.25) is 0 Å². The molecule has 1 heterocycles. The first-order chi connectivity index (χ1) is 5.79. The van der Waals surface area contributed by atoms with Crippen LogP contribution in [0.15, 0.2) is 0 Å². The smallest absolute Gasteiger partial charge is 0.168 e. The van der Waals surface area contributed by atoms with E-state index >= 15 is 0 Å². The summed E-state index contributed by atoms with van der Waals surface area (Å²) < 4.78 is 0. The van der Waals surface area contributed by atoms with Gasteiger partial charge in [0.25, 0.3) is 0 Å². The molecule has 0 unspecified atom stereocenters. The minimum Gasteiger partial charge on any atom is -0.383 e. The molecule has 0 atom stereocenters. The van der Waals surface area contributed by atoms with Crippen LogP contribution in [0.2, 0.25) is 0 Å². The van der Waals surface area contributed by atoms with Crippen LogP contribution in [0.5, 0.6) is 0 Å². The lowest BCUT2D eigenvalue weighted by Gasteiger charge is -1.98. The molecule has 0 aliphatic rings. The van der Waals surface area contributed by atoms with Gasteiger partial charge in [-0.1, -0.05) is 6.92 Å². The van der Waals surface area contributed by atoms with Crippen molar-refractivity contribution in [3.8, 4) is 6.07 Å². The summed E-state index contributed by atoms with van der Waals surface area (Å²) in [6, 6.07) is 1.97. The number of hydrogen-bond acceptors (Lipinski definition) is 4. The third kappa shape index (κ3) is 1.48. The van der Waals surface area contributed by atoms with E-state index in [4.69, 9.17) is 11.0 Å². The second-order valence-electron chi connectivity index (χ2n) is 2.40. The second-order valence-corrected chi connectivity index (χ2v) is 2.40. The summed E-state index contributed by atoms with van der Waals surface area (Å²) in [4.78, 5) is 0. The molecule has 0 bridgehead atoms. The van der Waals surface area contributed by atoms with Gasteiger partial charge in [-0.2, -0.15) is 10.4 Å². The van der Waals surface area contributed by atoms with Crippen LogP contribution >= 0.6 is 0 Å². The van der Waals surface area contributed by atoms with E-state index in [1.54, 1.807) is 0 Å². The van der Waals surface area contributed by atoms with Crippen LogP contribution in [-0.4, -0.2) is 16.7 Å². The van der Waals surface area contributed by atoms with Crippen molar-refractivity contribution in [2.75, 3.05) is 17.6 Å². The molecule has 0 amide bonds. The Morgan fingerprint density at radius 3 is 3.08 bits per heavy atom. The molecular weight excluding hydrogens is 154 g/mol. The molecule has 0 saturated heterocycles. The number of H-pyrrole nitrogens is 1. The third-order valence-corrected chi connectivity index (χ3v) is 1.45. The molecule has 12 heavy (non-hydrogen) atoms. The number of nitrogens with zero attached hydrogens (tertiary/aromatic N) is 2. The van der Waals surface area contributed by atoms with E-state index < -0.39 is 0 Å². The van der Waals surface area contributed by atoms with Gasteiger partial charge in [-0.15, -0.1) is 0 Å². The first kappa shape index (κ1) is 8.40. The molecular formula is C7H11N5. The summed E-state index contributed by atoms with van der Waals surface area (Å²) in [7, 11) is 0. The van der Waals surface area contributed by atoms with E-state index in [0.29, 0.717) is 17.2 Å². The number of nitrogens with two attached hydrogens (primary N) is 1. The molecule has 0 aliphatic heterocycles. The number of anilines is 2. The molecule has 0 saturated carbocycles. The molecule has 0 fully saturated rings. The average molecular weight is 165 g/mol. The Hall–Kier alpha value is -1.70. The van der Waals surface area contributed by atoms with Crippen molar-refractivity contribution in [2.24, 2.45) is 0 Å². The number of hydrogen-bond donors (Lipinski definition) is 3. The van der Waals surface area contributed by atoms with Crippen LogP contribution in [-0.2, 0) is 0 Å². The lowest BCUT2D eigenvalue weighted by Crippen LogP contribution is -2.01. The Morgan fingerprint density at radius 2 is 2.50 bits per heavy atom. The summed E-state index contributed by atoms with van der Waals surface area (Å²) in [5, 5.41) is 18.0. The van der Waals surface area contributed by atoms with Gasteiger partial charge in [0.05, 0.1) is 0 Å². The molecule has 64 valence electrons. The fourth-order valence-electron chi connectivity index (χ4n) is 0.840. The predicted molar refractivity (Wildman–Crippen MR) is 46.5 cm³/mol. The van der Waals surface area contributed by atoms with E-state index in [0.717, 1.165) is 13.0 Å². The number of aromatic amines is 1. The number of aromatic nitrogens is 2. The first-order valence-electron chi connectivity index (χ1n) is 3.77. The van der Waals surface area contributed by atoms with Crippen LogP contribution in [0, 0.1) is 11.3 Å². The summed E-state index contributed by atoms with van der Waals surface area (Å²) in [6.07, 6.45) is 0.984. The fraction of sp³-hybridized carbons (Fsp3) is 0.429. The molecule has 5 heteroatoms. The highest BCUT2D eigenvalue weighted by atomic mass is 15.2. The largest absolute Gasteiger partial charge is 0.383 e. The van der Waals surface area contributed by atoms with Crippen LogP contribution in [0.1, 0.15) is 18.9 Å². The number of rotatable bonds is 3. The van der Waals surface area contributed by atoms with E-state index in [1.165, 1.54) is 0 Å². The summed E-state index contributed by atoms with van der Waals surface area (Å²) in [5.41, 5.74) is 5.84. The highest BCUT2D eigenvalue weighted by molar-refractivity contribution is 5.62. The lowest BCUT2D eigenvalue weighted by atomic mass is 10.3. The van der Waals surface area contributed by atoms with Gasteiger partial charge in [0, 0.05) is 6.54 Å². The fourth-order valence-corrected chi connectivity index (χ4v) is 0.840. The van der Waals surface area contributed by atoms with Gasteiger partial charge in [0.15, 0.2) is 5.82 Å². The number of nitrogens with one attached hydrogen (secondary N) is 2. The van der Waals surface area contributed by atoms with E-state index in [9.17, 15) is 0 Å². The second kappa shape index (κ2) is 3.62. The topological polar surface area (TPSA) is 90.5 Å². The minimum absolute atomic E-state index is 0.316. The molecule has 1 aromatic rings. The van der Waals surface area contributed by atoms with Crippen LogP contribution in [0.4, 0.5) is 11.6 Å². The van der Waals surface area contributed by atoms with Gasteiger partial charge in [-0.3, -0.25) is 5.10 Å². The van der Waals surface area contributed by atoms with Crippen molar-refractivity contribution in [3.63, 3.8) is 0 Å². The summed E-state index contributed by atoms with van der Waals surface area (Å²) in [5.74, 6) is 0.855. The Kier molecular flexibility index (Phi) is 2.53. The molecule has 0 aromatic carbocycles. The van der Waals surface area contributed by atoms with Gasteiger partial charge in [-0.25, -0.2) is 0 Å². The minimum atomic E-state index is 0.316. The Balaban J connectivity index is 2.79. The van der Waals surface area contributed by atoms with E-state index in [-0.39, 0.29) is 0 Å². The van der Waals surface area contributed by atoms with Gasteiger partial charge < -0.3 is 11.1 Å². The summed E-state index contributed by atoms with van der Waals surface area (Å²) in [6.45, 7) is 2.83. The van der Waals surface area contributed by atoms with Gasteiger partial charge in [0.1, 0.15) is 17.5 Å². The van der Waals surface area contributed by atoms with Crippen molar-refractivity contribution >= 4 is 11.6 Å². The molecule has 0 spiro atoms. The lowest BCUT2D eigenvalue weighted by molar-refractivity contribution is 0.960. The maximum absolute atomic E-state index is 8.66. The first-order valence-corrected chi connectivity index (χ1v) is 3.77. The maximum Gasteiger partial charge on any atom is 0.168 e. The van der Waals surface area contributed by atoms with Crippen molar-refractivity contribution < 1.29 is 0 Å². The molecule has 1 aromatic heterocycles. The highest BCUT2D eigenvalue weighted by Gasteiger charge is 2.08. The van der Waals surface area contributed by atoms with Crippen molar-refractivity contribution in [1.29, 1.82) is 5.26 Å². The van der Waals surface area contributed by atoms with E-state index in [2.05, 4.69) is 15.5 Å². The van der Waals surface area contributed by atoms with Gasteiger partial charge in [-0.05, 0) is 6.42 Å². The van der Waals surface area contributed by atoms with Crippen molar-refractivity contribution in [2.45, 2.75) is 13.3 Å². The SMILES string of the molecule is CCCNc1n[nH]c(N)c1C#N. The predicted octanol–water partition coefficient (Wildman–Crippen LogP) is 0.685.